The van der Waals surface area contributed by atoms with Crippen molar-refractivity contribution in [3.8, 4) is 0 Å². The average Bonchev–Trinajstić information content (AvgIpc) is 3.32. The third-order valence-corrected chi connectivity index (χ3v) is 13.5. The Balaban J connectivity index is 1.60. The fraction of sp³-hybridized carbons (Fsp3) is 0.957. The van der Waals surface area contributed by atoms with Gasteiger partial charge in [-0.25, -0.2) is 4.79 Å². The van der Waals surface area contributed by atoms with E-state index in [0.29, 0.717) is 6.42 Å². The average molecular weight is 988 g/mol. The molecule has 0 aromatic rings. The molecular weight excluding hydrogens is 902 g/mol. The van der Waals surface area contributed by atoms with E-state index in [1.807, 2.05) is 0 Å². The second-order valence-electron chi connectivity index (χ2n) is 18.8. The number of aliphatic hydroxyl groups excluding tert-OH is 12. The highest BCUT2D eigenvalue weighted by molar-refractivity contribution is 5.76. The molecule has 0 bridgehead atoms. The highest BCUT2D eigenvalue weighted by Gasteiger charge is 2.59. The summed E-state index contributed by atoms with van der Waals surface area (Å²) in [5.41, 5.74) is 0. The second-order valence-corrected chi connectivity index (χ2v) is 18.8. The molecule has 0 saturated carbocycles. The van der Waals surface area contributed by atoms with Crippen LogP contribution in [0.15, 0.2) is 0 Å². The van der Waals surface area contributed by atoms with Gasteiger partial charge in [-0.15, -0.1) is 0 Å². The minimum absolute atomic E-state index is 0.124. The molecule has 3 aliphatic heterocycles. The number of hydrogen-bond acceptors (Lipinski definition) is 20. The third kappa shape index (κ3) is 17.5. The number of carboxylic acids is 1. The first-order valence-corrected chi connectivity index (χ1v) is 24.8. The number of rotatable bonds is 33. The van der Waals surface area contributed by atoms with Crippen LogP contribution in [0, 0.1) is 5.92 Å². The molecule has 0 spiro atoms. The molecule has 0 radical (unpaired) electrons. The monoisotopic (exact) mass is 988 g/mol. The molecule has 3 rings (SSSR count). The van der Waals surface area contributed by atoms with Gasteiger partial charge < -0.3 is 100 Å². The van der Waals surface area contributed by atoms with Crippen LogP contribution in [0.4, 0.5) is 0 Å². The van der Waals surface area contributed by atoms with E-state index in [4.69, 9.17) is 28.4 Å². The van der Waals surface area contributed by atoms with Crippen molar-refractivity contribution in [1.82, 2.24) is 5.32 Å². The predicted octanol–water partition coefficient (Wildman–Crippen LogP) is -1.19. The van der Waals surface area contributed by atoms with Gasteiger partial charge in [0.15, 0.2) is 12.6 Å². The number of unbranched alkanes of at least 4 members (excludes halogenated alkanes) is 14. The maximum absolute atomic E-state index is 13.0. The number of hydrogen-bond donors (Lipinski definition) is 14. The number of nitrogens with one attached hydrogen (secondary N) is 1. The summed E-state index contributed by atoms with van der Waals surface area (Å²) >= 11 is 0. The normalized spacial score (nSPS) is 34.5. The molecule has 22 nitrogen and oxygen atoms in total. The Morgan fingerprint density at radius 2 is 1.24 bits per heavy atom. The first kappa shape index (κ1) is 60.5. The quantitative estimate of drug-likeness (QED) is 0.0344. The number of carboxylic acid groups (broad SMARTS) is 1. The summed E-state index contributed by atoms with van der Waals surface area (Å²) in [6, 6.07) is -1.20. The summed E-state index contributed by atoms with van der Waals surface area (Å²) < 4.78 is 34.1. The Morgan fingerprint density at radius 3 is 1.75 bits per heavy atom. The van der Waals surface area contributed by atoms with Crippen molar-refractivity contribution in [3.05, 3.63) is 0 Å². The van der Waals surface area contributed by atoms with Gasteiger partial charge in [0.1, 0.15) is 67.1 Å². The highest BCUT2D eigenvalue weighted by atomic mass is 16.8. The van der Waals surface area contributed by atoms with Crippen molar-refractivity contribution in [1.29, 1.82) is 0 Å². The fourth-order valence-corrected chi connectivity index (χ4v) is 8.93. The minimum Gasteiger partial charge on any atom is -0.477 e. The molecule has 0 aromatic heterocycles. The molecule has 0 aliphatic carbocycles. The lowest BCUT2D eigenvalue weighted by Crippen LogP contribution is -2.68. The zero-order valence-corrected chi connectivity index (χ0v) is 40.0. The summed E-state index contributed by atoms with van der Waals surface area (Å²) in [4.78, 5) is 25.7. The summed E-state index contributed by atoms with van der Waals surface area (Å²) in [7, 11) is 0. The Bertz CT molecular complexity index is 1400. The van der Waals surface area contributed by atoms with Gasteiger partial charge in [0.05, 0.1) is 50.8 Å². The summed E-state index contributed by atoms with van der Waals surface area (Å²) in [5, 5.41) is 141. The predicted molar refractivity (Wildman–Crippen MR) is 239 cm³/mol. The largest absolute Gasteiger partial charge is 0.477 e. The molecule has 3 heterocycles. The lowest BCUT2D eigenvalue weighted by molar-refractivity contribution is -0.388. The van der Waals surface area contributed by atoms with E-state index in [1.54, 1.807) is 6.92 Å². The minimum atomic E-state index is -2.92. The van der Waals surface area contributed by atoms with Gasteiger partial charge in [0, 0.05) is 18.8 Å². The first-order chi connectivity index (χ1) is 32.4. The van der Waals surface area contributed by atoms with Crippen LogP contribution >= 0.6 is 0 Å². The van der Waals surface area contributed by atoms with E-state index in [1.165, 1.54) is 71.1 Å². The molecule has 0 aromatic carbocycles. The van der Waals surface area contributed by atoms with E-state index in [9.17, 15) is 76.0 Å². The number of aliphatic carboxylic acids is 1. The third-order valence-electron chi connectivity index (χ3n) is 13.5. The van der Waals surface area contributed by atoms with Crippen LogP contribution in [0.2, 0.25) is 0 Å². The van der Waals surface area contributed by atoms with Gasteiger partial charge >= 0.3 is 5.97 Å². The maximum atomic E-state index is 13.0. The number of carbonyl (C=O) groups is 2. The van der Waals surface area contributed by atoms with Crippen molar-refractivity contribution in [2.45, 2.75) is 246 Å². The fourth-order valence-electron chi connectivity index (χ4n) is 8.93. The molecular formula is C46H85NO21. The lowest BCUT2D eigenvalue weighted by Gasteiger charge is -2.50. The van der Waals surface area contributed by atoms with Crippen molar-refractivity contribution in [2.24, 2.45) is 5.92 Å². The van der Waals surface area contributed by atoms with Crippen LogP contribution in [0.1, 0.15) is 136 Å². The number of amides is 1. The van der Waals surface area contributed by atoms with E-state index >= 15 is 0 Å². The van der Waals surface area contributed by atoms with Gasteiger partial charge in [-0.05, 0) is 12.8 Å². The lowest BCUT2D eigenvalue weighted by atomic mass is 9.84. The highest BCUT2D eigenvalue weighted by Crippen LogP contribution is 2.40. The van der Waals surface area contributed by atoms with Gasteiger partial charge in [-0.1, -0.05) is 111 Å². The van der Waals surface area contributed by atoms with Crippen LogP contribution in [-0.2, 0) is 38.0 Å². The van der Waals surface area contributed by atoms with E-state index < -0.39 is 161 Å². The molecule has 400 valence electrons. The molecule has 68 heavy (non-hydrogen) atoms. The van der Waals surface area contributed by atoms with Gasteiger partial charge in [-0.3, -0.25) is 4.79 Å². The zero-order valence-electron chi connectivity index (χ0n) is 40.0. The zero-order chi connectivity index (χ0) is 50.6. The van der Waals surface area contributed by atoms with E-state index in [0.717, 1.165) is 25.7 Å². The summed E-state index contributed by atoms with van der Waals surface area (Å²) in [5.74, 6) is -6.25. The van der Waals surface area contributed by atoms with Crippen molar-refractivity contribution >= 4 is 11.9 Å². The maximum Gasteiger partial charge on any atom is 0.364 e. The second kappa shape index (κ2) is 31.0. The Labute approximate surface area is 399 Å². The molecule has 19 atom stereocenters. The van der Waals surface area contributed by atoms with Crippen LogP contribution in [0.5, 0.6) is 0 Å². The molecule has 22 heteroatoms. The molecule has 14 N–H and O–H groups in total. The summed E-state index contributed by atoms with van der Waals surface area (Å²) in [6.07, 6.45) is -11.9. The van der Waals surface area contributed by atoms with Gasteiger partial charge in [0.25, 0.3) is 5.79 Å². The van der Waals surface area contributed by atoms with Crippen molar-refractivity contribution in [2.75, 3.05) is 26.4 Å². The van der Waals surface area contributed by atoms with Crippen LogP contribution in [-0.4, -0.2) is 215 Å². The van der Waals surface area contributed by atoms with Crippen LogP contribution in [0.3, 0.4) is 0 Å². The number of aliphatic hydroxyl groups is 12. The smallest absolute Gasteiger partial charge is 0.364 e. The topological polar surface area (TPSA) is 365 Å². The molecule has 3 saturated heterocycles. The molecule has 6 unspecified atom stereocenters. The first-order valence-electron chi connectivity index (χ1n) is 24.8. The standard InChI is InChI=1S/C46H85NO21/c1-4-6-7-8-9-10-11-12-13-14-15-16-17-18-19-20-33(54)47-27(34(55)28(51)5-2)25-63-43-38(59)37(58)41(32(24-50)65-43)66-44-39(60)42(36(57)31(23-49)64-44)68-46(45(61)62)21-29(52)26(3)40(67-46)35(56)30(53)22-48/h26-32,34-44,48-53,55-60H,4-25H2,1-3H3,(H,47,54)(H,61,62)/t26-,27+,28-,29?,30-,31?,32+,34+,35-,36+,37?,38?,39?,40-,41-,42+,43-,44+,46?/m1/s1. The number of carbonyl (C=O) groups excluding carboxylic acids is 1. The Kier molecular flexibility index (Phi) is 27.6. The van der Waals surface area contributed by atoms with Gasteiger partial charge in [-0.2, -0.15) is 0 Å². The van der Waals surface area contributed by atoms with E-state index in [2.05, 4.69) is 12.2 Å². The van der Waals surface area contributed by atoms with Crippen LogP contribution in [0.25, 0.3) is 0 Å². The molecule has 1 amide bonds. The van der Waals surface area contributed by atoms with Crippen molar-refractivity contribution < 1.29 is 104 Å². The van der Waals surface area contributed by atoms with Crippen molar-refractivity contribution in [3.63, 3.8) is 0 Å². The molecule has 3 fully saturated rings. The Morgan fingerprint density at radius 1 is 0.691 bits per heavy atom. The SMILES string of the molecule is CCCCCCCCCCCCCCCCCC(=O)N[C@@H](CO[C@@H]1O[C@@H](CO)[C@@H](O[C@@H]2OC(CO)[C@H](O)[C@H](OC3(C(=O)O)CC(O)[C@@H](C)[C@H]([C@H](O)[C@H](O)CO)O3)C2O)C(O)C1O)[C@H](O)[C@H](O)CC. The van der Waals surface area contributed by atoms with Gasteiger partial charge in [0.2, 0.25) is 5.91 Å². The number of ether oxygens (including phenoxy) is 6. The van der Waals surface area contributed by atoms with Crippen LogP contribution < -0.4 is 5.32 Å². The molecule has 3 aliphatic rings. The summed E-state index contributed by atoms with van der Waals surface area (Å²) in [6.45, 7) is 1.85. The van der Waals surface area contributed by atoms with E-state index in [-0.39, 0.29) is 12.8 Å². The Hall–Kier alpha value is -1.78.